The molecule has 0 amide bonds. The van der Waals surface area contributed by atoms with Gasteiger partial charge in [0.05, 0.1) is 0 Å². The van der Waals surface area contributed by atoms with Crippen LogP contribution in [0.5, 0.6) is 0 Å². The van der Waals surface area contributed by atoms with E-state index in [0.717, 1.165) is 30.2 Å². The van der Waals surface area contributed by atoms with Crippen LogP contribution < -0.4 is 5.32 Å². The zero-order chi connectivity index (χ0) is 13.8. The molecule has 4 heteroatoms. The third kappa shape index (κ3) is 3.06. The minimum absolute atomic E-state index is 0.386. The van der Waals surface area contributed by atoms with Crippen molar-refractivity contribution in [1.82, 2.24) is 15.3 Å². The highest BCUT2D eigenvalue weighted by molar-refractivity contribution is 5.25. The fraction of sp³-hybridized carbons (Fsp3) is 0.714. The van der Waals surface area contributed by atoms with E-state index in [0.29, 0.717) is 6.61 Å². The summed E-state index contributed by atoms with van der Waals surface area (Å²) in [4.78, 5) is 9.28. The van der Waals surface area contributed by atoms with Crippen LogP contribution in [-0.2, 0) is 16.9 Å². The summed E-state index contributed by atoms with van der Waals surface area (Å²) in [6, 6.07) is 0. The van der Waals surface area contributed by atoms with Crippen LogP contribution in [0.2, 0.25) is 0 Å². The van der Waals surface area contributed by atoms with Crippen molar-refractivity contribution < 1.29 is 4.74 Å². The fourth-order valence-electron chi connectivity index (χ4n) is 2.05. The highest BCUT2D eigenvalue weighted by Gasteiger charge is 2.29. The van der Waals surface area contributed by atoms with Crippen LogP contribution in [0.3, 0.4) is 0 Å². The van der Waals surface area contributed by atoms with Crippen LogP contribution in [0.25, 0.3) is 0 Å². The van der Waals surface area contributed by atoms with Gasteiger partial charge in [0.1, 0.15) is 5.60 Å². The predicted molar refractivity (Wildman–Crippen MR) is 73.5 cm³/mol. The minimum Gasteiger partial charge on any atom is -0.368 e. The standard InChI is InChI=1S/C14H25N3O/c1-7-14(5,18-8-2)13-16-10(3)12(9-15-6)11(4)17-13/h15H,7-9H2,1-6H3. The summed E-state index contributed by atoms with van der Waals surface area (Å²) in [5, 5.41) is 3.15. The van der Waals surface area contributed by atoms with Crippen molar-refractivity contribution in [2.24, 2.45) is 0 Å². The molecule has 0 bridgehead atoms. The first-order chi connectivity index (χ1) is 8.48. The van der Waals surface area contributed by atoms with Gasteiger partial charge >= 0.3 is 0 Å². The van der Waals surface area contributed by atoms with Gasteiger partial charge in [-0.2, -0.15) is 0 Å². The summed E-state index contributed by atoms with van der Waals surface area (Å²) in [6.07, 6.45) is 0.866. The summed E-state index contributed by atoms with van der Waals surface area (Å²) >= 11 is 0. The average Bonchev–Trinajstić information content (AvgIpc) is 2.33. The first kappa shape index (κ1) is 15.1. The molecule has 4 nitrogen and oxygen atoms in total. The van der Waals surface area contributed by atoms with E-state index in [-0.39, 0.29) is 5.60 Å². The molecule has 1 rings (SSSR count). The maximum absolute atomic E-state index is 5.83. The van der Waals surface area contributed by atoms with Crippen molar-refractivity contribution in [2.45, 2.75) is 53.2 Å². The lowest BCUT2D eigenvalue weighted by Crippen LogP contribution is -2.29. The number of aromatic nitrogens is 2. The second-order valence-electron chi connectivity index (χ2n) is 4.74. The molecule has 0 saturated carbocycles. The molecule has 1 N–H and O–H groups in total. The molecular formula is C14H25N3O. The molecule has 1 atom stereocenters. The third-order valence-electron chi connectivity index (χ3n) is 3.38. The lowest BCUT2D eigenvalue weighted by molar-refractivity contribution is -0.0393. The molecule has 1 unspecified atom stereocenters. The van der Waals surface area contributed by atoms with Gasteiger partial charge < -0.3 is 10.1 Å². The third-order valence-corrected chi connectivity index (χ3v) is 3.38. The van der Waals surface area contributed by atoms with E-state index in [2.05, 4.69) is 29.1 Å². The van der Waals surface area contributed by atoms with Crippen molar-refractivity contribution in [3.63, 3.8) is 0 Å². The van der Waals surface area contributed by atoms with Crippen LogP contribution in [0.15, 0.2) is 0 Å². The van der Waals surface area contributed by atoms with E-state index in [4.69, 9.17) is 4.74 Å². The maximum atomic E-state index is 5.83. The molecule has 18 heavy (non-hydrogen) atoms. The Hall–Kier alpha value is -1.00. The summed E-state index contributed by atoms with van der Waals surface area (Å²) in [5.74, 6) is 0.793. The first-order valence-corrected chi connectivity index (χ1v) is 6.61. The van der Waals surface area contributed by atoms with Crippen molar-refractivity contribution in [3.05, 3.63) is 22.8 Å². The second-order valence-corrected chi connectivity index (χ2v) is 4.74. The monoisotopic (exact) mass is 251 g/mol. The van der Waals surface area contributed by atoms with E-state index in [1.54, 1.807) is 0 Å². The molecule has 0 spiro atoms. The van der Waals surface area contributed by atoms with E-state index in [1.165, 1.54) is 5.56 Å². The molecule has 0 aliphatic heterocycles. The number of aryl methyl sites for hydroxylation is 2. The van der Waals surface area contributed by atoms with Gasteiger partial charge in [0.15, 0.2) is 5.82 Å². The molecule has 0 fully saturated rings. The lowest BCUT2D eigenvalue weighted by Gasteiger charge is -2.27. The van der Waals surface area contributed by atoms with Gasteiger partial charge in [-0.3, -0.25) is 0 Å². The van der Waals surface area contributed by atoms with Crippen LogP contribution >= 0.6 is 0 Å². The molecule has 0 aliphatic rings. The van der Waals surface area contributed by atoms with Crippen molar-refractivity contribution >= 4 is 0 Å². The van der Waals surface area contributed by atoms with Crippen molar-refractivity contribution in [1.29, 1.82) is 0 Å². The molecule has 0 radical (unpaired) electrons. The highest BCUT2D eigenvalue weighted by atomic mass is 16.5. The SMILES string of the molecule is CCOC(C)(CC)c1nc(C)c(CNC)c(C)n1. The highest BCUT2D eigenvalue weighted by Crippen LogP contribution is 2.27. The van der Waals surface area contributed by atoms with Crippen molar-refractivity contribution in [2.75, 3.05) is 13.7 Å². The Kier molecular flexibility index (Phi) is 5.23. The van der Waals surface area contributed by atoms with Gasteiger partial charge in [0.2, 0.25) is 0 Å². The number of hydrogen-bond donors (Lipinski definition) is 1. The molecule has 0 aromatic carbocycles. The number of nitrogens with zero attached hydrogens (tertiary/aromatic N) is 2. The van der Waals surface area contributed by atoms with Gasteiger partial charge in [-0.25, -0.2) is 9.97 Å². The Morgan fingerprint density at radius 2 is 1.72 bits per heavy atom. The smallest absolute Gasteiger partial charge is 0.160 e. The zero-order valence-corrected chi connectivity index (χ0v) is 12.4. The Labute approximate surface area is 110 Å². The van der Waals surface area contributed by atoms with Crippen molar-refractivity contribution in [3.8, 4) is 0 Å². The van der Waals surface area contributed by atoms with E-state index in [1.807, 2.05) is 27.8 Å². The van der Waals surface area contributed by atoms with Gasteiger partial charge in [-0.05, 0) is 41.2 Å². The van der Waals surface area contributed by atoms with Crippen LogP contribution in [0, 0.1) is 13.8 Å². The Morgan fingerprint density at radius 3 is 2.11 bits per heavy atom. The topological polar surface area (TPSA) is 47.0 Å². The molecule has 1 heterocycles. The average molecular weight is 251 g/mol. The normalized spacial score (nSPS) is 14.6. The molecule has 0 aliphatic carbocycles. The van der Waals surface area contributed by atoms with Crippen LogP contribution in [-0.4, -0.2) is 23.6 Å². The number of hydrogen-bond acceptors (Lipinski definition) is 4. The largest absolute Gasteiger partial charge is 0.368 e. The second kappa shape index (κ2) is 6.25. The molecule has 102 valence electrons. The Morgan fingerprint density at radius 1 is 1.17 bits per heavy atom. The van der Waals surface area contributed by atoms with Gasteiger partial charge in [0.25, 0.3) is 0 Å². The van der Waals surface area contributed by atoms with Gasteiger partial charge in [-0.15, -0.1) is 0 Å². The summed E-state index contributed by atoms with van der Waals surface area (Å²) in [5.41, 5.74) is 2.86. The minimum atomic E-state index is -0.386. The van der Waals surface area contributed by atoms with E-state index in [9.17, 15) is 0 Å². The van der Waals surface area contributed by atoms with Crippen LogP contribution in [0.1, 0.15) is 50.0 Å². The lowest BCUT2D eigenvalue weighted by atomic mass is 10.0. The summed E-state index contributed by atoms with van der Waals surface area (Å²) < 4.78 is 5.83. The zero-order valence-electron chi connectivity index (χ0n) is 12.4. The first-order valence-electron chi connectivity index (χ1n) is 6.61. The summed E-state index contributed by atoms with van der Waals surface area (Å²) in [6.45, 7) is 11.7. The Bertz CT molecular complexity index is 383. The quantitative estimate of drug-likeness (QED) is 0.843. The molecule has 1 aromatic heterocycles. The predicted octanol–water partition coefficient (Wildman–Crippen LogP) is 2.47. The summed E-state index contributed by atoms with van der Waals surface area (Å²) in [7, 11) is 1.93. The number of rotatable bonds is 6. The van der Waals surface area contributed by atoms with Gasteiger partial charge in [0, 0.05) is 30.1 Å². The maximum Gasteiger partial charge on any atom is 0.160 e. The molecular weight excluding hydrogens is 226 g/mol. The number of nitrogens with one attached hydrogen (secondary N) is 1. The molecule has 1 aromatic rings. The number of ether oxygens (including phenoxy) is 1. The van der Waals surface area contributed by atoms with E-state index < -0.39 is 0 Å². The van der Waals surface area contributed by atoms with Crippen LogP contribution in [0.4, 0.5) is 0 Å². The fourth-order valence-corrected chi connectivity index (χ4v) is 2.05. The molecule has 0 saturated heterocycles. The Balaban J connectivity index is 3.19. The van der Waals surface area contributed by atoms with E-state index >= 15 is 0 Å². The van der Waals surface area contributed by atoms with Gasteiger partial charge in [-0.1, -0.05) is 6.92 Å².